The molecule has 0 bridgehead atoms. The molecule has 2 aromatic carbocycles. The molecule has 1 amide bonds. The van der Waals surface area contributed by atoms with Crippen LogP contribution in [0.1, 0.15) is 6.92 Å². The van der Waals surface area contributed by atoms with Crippen LogP contribution in [0.25, 0.3) is 0 Å². The largest absolute Gasteiger partial charge is 0.486 e. The van der Waals surface area contributed by atoms with Crippen LogP contribution < -0.4 is 19.5 Å². The van der Waals surface area contributed by atoms with Crippen molar-refractivity contribution in [3.8, 4) is 17.2 Å². The van der Waals surface area contributed by atoms with E-state index in [9.17, 15) is 4.79 Å². The minimum atomic E-state index is -0.711. The molecule has 3 rings (SSSR count). The van der Waals surface area contributed by atoms with Crippen molar-refractivity contribution in [2.24, 2.45) is 0 Å². The zero-order chi connectivity index (χ0) is 17.1. The highest BCUT2D eigenvalue weighted by molar-refractivity contribution is 9.10. The Balaban J connectivity index is 1.65. The van der Waals surface area contributed by atoms with E-state index < -0.39 is 6.10 Å². The molecule has 0 unspecified atom stereocenters. The van der Waals surface area contributed by atoms with Gasteiger partial charge >= 0.3 is 0 Å². The van der Waals surface area contributed by atoms with Gasteiger partial charge < -0.3 is 19.5 Å². The molecule has 7 heteroatoms. The highest BCUT2D eigenvalue weighted by Gasteiger charge is 2.18. The SMILES string of the molecule is C[C@H](Oc1ccc(Br)cc1Cl)C(=O)Nc1ccc2c(c1)OCCO2. The summed E-state index contributed by atoms with van der Waals surface area (Å²) in [6, 6.07) is 10.5. The maximum Gasteiger partial charge on any atom is 0.265 e. The van der Waals surface area contributed by atoms with E-state index in [0.29, 0.717) is 41.2 Å². The number of benzene rings is 2. The van der Waals surface area contributed by atoms with Crippen molar-refractivity contribution in [2.45, 2.75) is 13.0 Å². The van der Waals surface area contributed by atoms with Crippen LogP contribution in [0.4, 0.5) is 5.69 Å². The molecule has 0 saturated heterocycles. The van der Waals surface area contributed by atoms with Gasteiger partial charge in [-0.3, -0.25) is 4.79 Å². The van der Waals surface area contributed by atoms with Crippen LogP contribution in [0.2, 0.25) is 5.02 Å². The summed E-state index contributed by atoms with van der Waals surface area (Å²) in [6.07, 6.45) is -0.711. The summed E-state index contributed by atoms with van der Waals surface area (Å²) < 4.78 is 17.4. The third-order valence-corrected chi connectivity index (χ3v) is 4.17. The van der Waals surface area contributed by atoms with Crippen LogP contribution >= 0.6 is 27.5 Å². The summed E-state index contributed by atoms with van der Waals surface area (Å²) in [5.74, 6) is 1.45. The molecule has 0 spiro atoms. The zero-order valence-corrected chi connectivity index (χ0v) is 15.2. The number of fused-ring (bicyclic) bond motifs is 1. The number of anilines is 1. The lowest BCUT2D eigenvalue weighted by molar-refractivity contribution is -0.122. The molecule has 1 N–H and O–H groups in total. The summed E-state index contributed by atoms with van der Waals surface area (Å²) in [6.45, 7) is 2.68. The summed E-state index contributed by atoms with van der Waals surface area (Å²) in [4.78, 5) is 12.3. The molecule has 5 nitrogen and oxygen atoms in total. The smallest absolute Gasteiger partial charge is 0.265 e. The van der Waals surface area contributed by atoms with E-state index in [-0.39, 0.29) is 5.91 Å². The van der Waals surface area contributed by atoms with E-state index in [4.69, 9.17) is 25.8 Å². The predicted molar refractivity (Wildman–Crippen MR) is 95.3 cm³/mol. The Bertz CT molecular complexity index is 768. The van der Waals surface area contributed by atoms with Crippen molar-refractivity contribution in [1.29, 1.82) is 0 Å². The molecular formula is C17H15BrClNO4. The van der Waals surface area contributed by atoms with E-state index in [1.54, 1.807) is 43.3 Å². The van der Waals surface area contributed by atoms with Crippen molar-refractivity contribution in [2.75, 3.05) is 18.5 Å². The molecule has 1 aliphatic heterocycles. The standard InChI is InChI=1S/C17H15BrClNO4/c1-10(24-14-4-2-11(18)8-13(14)19)17(21)20-12-3-5-15-16(9-12)23-7-6-22-15/h2-5,8-10H,6-7H2,1H3,(H,20,21)/t10-/m0/s1. The Labute approximate surface area is 153 Å². The summed E-state index contributed by atoms with van der Waals surface area (Å²) >= 11 is 9.43. The first-order valence-corrected chi connectivity index (χ1v) is 8.52. The highest BCUT2D eigenvalue weighted by Crippen LogP contribution is 2.33. The van der Waals surface area contributed by atoms with Gasteiger partial charge in [-0.25, -0.2) is 0 Å². The van der Waals surface area contributed by atoms with Gasteiger partial charge in [0, 0.05) is 16.2 Å². The summed E-state index contributed by atoms with van der Waals surface area (Å²) in [7, 11) is 0. The van der Waals surface area contributed by atoms with E-state index in [0.717, 1.165) is 4.47 Å². The topological polar surface area (TPSA) is 56.8 Å². The highest BCUT2D eigenvalue weighted by atomic mass is 79.9. The fourth-order valence-electron chi connectivity index (χ4n) is 2.18. The number of carbonyl (C=O) groups excluding carboxylic acids is 1. The molecule has 126 valence electrons. The quantitative estimate of drug-likeness (QED) is 0.814. The number of amides is 1. The van der Waals surface area contributed by atoms with Crippen LogP contribution in [0.5, 0.6) is 17.2 Å². The first-order valence-electron chi connectivity index (χ1n) is 7.35. The van der Waals surface area contributed by atoms with Crippen molar-refractivity contribution in [3.63, 3.8) is 0 Å². The number of hydrogen-bond donors (Lipinski definition) is 1. The molecule has 0 fully saturated rings. The molecular weight excluding hydrogens is 398 g/mol. The molecule has 1 heterocycles. The van der Waals surface area contributed by atoms with Crippen molar-refractivity contribution < 1.29 is 19.0 Å². The van der Waals surface area contributed by atoms with Gasteiger partial charge in [-0.15, -0.1) is 0 Å². The van der Waals surface area contributed by atoms with Crippen LogP contribution in [0, 0.1) is 0 Å². The normalized spacial score (nSPS) is 14.0. The number of hydrogen-bond acceptors (Lipinski definition) is 4. The average molecular weight is 413 g/mol. The Kier molecular flexibility index (Phi) is 5.16. The molecule has 24 heavy (non-hydrogen) atoms. The predicted octanol–water partition coefficient (Wildman–Crippen LogP) is 4.28. The number of rotatable bonds is 4. The lowest BCUT2D eigenvalue weighted by Crippen LogP contribution is -2.30. The Hall–Kier alpha value is -1.92. The average Bonchev–Trinajstić information content (AvgIpc) is 2.57. The molecule has 1 aliphatic rings. The van der Waals surface area contributed by atoms with Crippen molar-refractivity contribution in [3.05, 3.63) is 45.9 Å². The second-order valence-corrected chi connectivity index (χ2v) is 6.51. The fourth-order valence-corrected chi connectivity index (χ4v) is 2.90. The molecule has 0 saturated carbocycles. The van der Waals surface area contributed by atoms with Gasteiger partial charge in [-0.05, 0) is 37.3 Å². The molecule has 0 radical (unpaired) electrons. The van der Waals surface area contributed by atoms with Gasteiger partial charge in [0.25, 0.3) is 5.91 Å². The lowest BCUT2D eigenvalue weighted by atomic mass is 10.2. The zero-order valence-electron chi connectivity index (χ0n) is 12.8. The van der Waals surface area contributed by atoms with Crippen LogP contribution in [-0.2, 0) is 4.79 Å². The third kappa shape index (κ3) is 3.94. The summed E-state index contributed by atoms with van der Waals surface area (Å²) in [5.41, 5.74) is 0.613. The maximum absolute atomic E-state index is 12.3. The van der Waals surface area contributed by atoms with Gasteiger partial charge in [0.05, 0.1) is 5.02 Å². The Morgan fingerprint density at radius 2 is 1.96 bits per heavy atom. The van der Waals surface area contributed by atoms with Gasteiger partial charge in [0.2, 0.25) is 0 Å². The van der Waals surface area contributed by atoms with E-state index in [2.05, 4.69) is 21.2 Å². The Morgan fingerprint density at radius 3 is 2.71 bits per heavy atom. The first kappa shape index (κ1) is 16.9. The van der Waals surface area contributed by atoms with E-state index >= 15 is 0 Å². The van der Waals surface area contributed by atoms with Crippen LogP contribution in [-0.4, -0.2) is 25.2 Å². The molecule has 2 aromatic rings. The number of ether oxygens (including phenoxy) is 3. The minimum Gasteiger partial charge on any atom is -0.486 e. The maximum atomic E-state index is 12.3. The monoisotopic (exact) mass is 411 g/mol. The van der Waals surface area contributed by atoms with Crippen molar-refractivity contribution >= 4 is 39.1 Å². The Morgan fingerprint density at radius 1 is 1.21 bits per heavy atom. The molecule has 0 aromatic heterocycles. The van der Waals surface area contributed by atoms with Gasteiger partial charge in [-0.1, -0.05) is 27.5 Å². The number of halogens is 2. The number of carbonyl (C=O) groups is 1. The second-order valence-electron chi connectivity index (χ2n) is 5.18. The number of nitrogens with one attached hydrogen (secondary N) is 1. The fraction of sp³-hybridized carbons (Fsp3) is 0.235. The van der Waals surface area contributed by atoms with E-state index in [1.165, 1.54) is 0 Å². The molecule has 0 aliphatic carbocycles. The lowest BCUT2D eigenvalue weighted by Gasteiger charge is -2.20. The summed E-state index contributed by atoms with van der Waals surface area (Å²) in [5, 5.41) is 3.22. The first-order chi connectivity index (χ1) is 11.5. The minimum absolute atomic E-state index is 0.286. The van der Waals surface area contributed by atoms with Gasteiger partial charge in [-0.2, -0.15) is 0 Å². The van der Waals surface area contributed by atoms with Crippen molar-refractivity contribution in [1.82, 2.24) is 0 Å². The third-order valence-electron chi connectivity index (χ3n) is 3.38. The molecule has 1 atom stereocenters. The van der Waals surface area contributed by atoms with Gasteiger partial charge in [0.1, 0.15) is 19.0 Å². The second kappa shape index (κ2) is 7.32. The van der Waals surface area contributed by atoms with E-state index in [1.807, 2.05) is 0 Å². The van der Waals surface area contributed by atoms with Crippen LogP contribution in [0.3, 0.4) is 0 Å². The van der Waals surface area contributed by atoms with Gasteiger partial charge in [0.15, 0.2) is 17.6 Å². The van der Waals surface area contributed by atoms with Crippen LogP contribution in [0.15, 0.2) is 40.9 Å².